The zero-order chi connectivity index (χ0) is 21.1. The average Bonchev–Trinajstić information content (AvgIpc) is 3.44. The molecule has 0 unspecified atom stereocenters. The Balaban J connectivity index is 1.35. The van der Waals surface area contributed by atoms with Gasteiger partial charge in [0.05, 0.1) is 16.8 Å². The fourth-order valence-electron chi connectivity index (χ4n) is 3.86. The minimum Gasteiger partial charge on any atom is -0.490 e. The van der Waals surface area contributed by atoms with Gasteiger partial charge >= 0.3 is 6.03 Å². The van der Waals surface area contributed by atoms with Gasteiger partial charge in [0.25, 0.3) is 0 Å². The van der Waals surface area contributed by atoms with Crippen LogP contribution in [0.2, 0.25) is 0 Å². The van der Waals surface area contributed by atoms with Crippen LogP contribution >= 0.6 is 0 Å². The van der Waals surface area contributed by atoms with Gasteiger partial charge in [-0.05, 0) is 55.5 Å². The number of aryl methyl sites for hydroxylation is 1. The molecule has 0 radical (unpaired) electrons. The van der Waals surface area contributed by atoms with E-state index < -0.39 is 15.9 Å². The van der Waals surface area contributed by atoms with Crippen molar-refractivity contribution in [3.63, 3.8) is 0 Å². The molecule has 30 heavy (non-hydrogen) atoms. The number of aromatic nitrogens is 1. The lowest BCUT2D eigenvalue weighted by Gasteiger charge is -2.14. The molecule has 2 heterocycles. The number of carbonyl (C=O) groups is 2. The van der Waals surface area contributed by atoms with E-state index >= 15 is 0 Å². The number of hydrogen-bond acceptors (Lipinski definition) is 5. The van der Waals surface area contributed by atoms with Crippen molar-refractivity contribution in [2.75, 3.05) is 12.3 Å². The van der Waals surface area contributed by atoms with E-state index in [0.29, 0.717) is 18.7 Å². The van der Waals surface area contributed by atoms with Crippen LogP contribution in [-0.4, -0.2) is 48.6 Å². The third kappa shape index (κ3) is 4.84. The van der Waals surface area contributed by atoms with E-state index in [1.54, 1.807) is 30.5 Å². The monoisotopic (exact) mass is 431 g/mol. The number of rotatable bonds is 8. The van der Waals surface area contributed by atoms with Crippen LogP contribution in [0.5, 0.6) is 5.75 Å². The number of amides is 3. The number of imide groups is 1. The second-order valence-corrected chi connectivity index (χ2v) is 9.92. The lowest BCUT2D eigenvalue weighted by molar-refractivity contribution is -0.118. The maximum Gasteiger partial charge on any atom is 0.324 e. The molecular weight excluding hydrogens is 406 g/mol. The molecule has 1 aliphatic heterocycles. The molecule has 4 rings (SSSR count). The summed E-state index contributed by atoms with van der Waals surface area (Å²) in [5, 5.41) is 2.23. The van der Waals surface area contributed by atoms with Crippen molar-refractivity contribution in [3.8, 4) is 5.75 Å². The van der Waals surface area contributed by atoms with Gasteiger partial charge in [-0.1, -0.05) is 6.07 Å². The first-order valence-corrected chi connectivity index (χ1v) is 11.8. The van der Waals surface area contributed by atoms with E-state index in [-0.39, 0.29) is 29.2 Å². The second kappa shape index (κ2) is 8.51. The number of H-pyrrole nitrogens is 1. The van der Waals surface area contributed by atoms with Gasteiger partial charge < -0.3 is 14.6 Å². The first-order valence-electron chi connectivity index (χ1n) is 10.1. The van der Waals surface area contributed by atoms with E-state index in [0.717, 1.165) is 36.9 Å². The summed E-state index contributed by atoms with van der Waals surface area (Å²) in [6, 6.07) is 8.13. The summed E-state index contributed by atoms with van der Waals surface area (Å²) >= 11 is 0. The van der Waals surface area contributed by atoms with Gasteiger partial charge in [-0.2, -0.15) is 0 Å². The number of ether oxygens (including phenoxy) is 1. The first kappa shape index (κ1) is 20.5. The van der Waals surface area contributed by atoms with Crippen LogP contribution in [0.4, 0.5) is 4.79 Å². The molecule has 2 aromatic rings. The van der Waals surface area contributed by atoms with Gasteiger partial charge in [0.1, 0.15) is 12.3 Å². The minimum absolute atomic E-state index is 0.0347. The van der Waals surface area contributed by atoms with Gasteiger partial charge in [-0.15, -0.1) is 0 Å². The van der Waals surface area contributed by atoms with E-state index in [9.17, 15) is 18.0 Å². The normalized spacial score (nSPS) is 17.5. The third-order valence-electron chi connectivity index (χ3n) is 5.45. The number of sulfone groups is 1. The fraction of sp³-hybridized carbons (Fsp3) is 0.429. The summed E-state index contributed by atoms with van der Waals surface area (Å²) in [4.78, 5) is 27.6. The van der Waals surface area contributed by atoms with Crippen molar-refractivity contribution in [1.82, 2.24) is 15.2 Å². The molecule has 1 aromatic heterocycles. The summed E-state index contributed by atoms with van der Waals surface area (Å²) in [6.07, 6.45) is 6.56. The van der Waals surface area contributed by atoms with Crippen molar-refractivity contribution in [3.05, 3.63) is 47.8 Å². The van der Waals surface area contributed by atoms with Crippen LogP contribution < -0.4 is 10.1 Å². The van der Waals surface area contributed by atoms with Crippen LogP contribution in [0.15, 0.2) is 41.4 Å². The van der Waals surface area contributed by atoms with E-state index in [1.165, 1.54) is 4.90 Å². The number of urea groups is 1. The number of nitrogens with one attached hydrogen (secondary N) is 2. The topological polar surface area (TPSA) is 109 Å². The van der Waals surface area contributed by atoms with Crippen LogP contribution in [0.3, 0.4) is 0 Å². The van der Waals surface area contributed by atoms with Crippen molar-refractivity contribution < 1.29 is 22.7 Å². The minimum atomic E-state index is -3.46. The smallest absolute Gasteiger partial charge is 0.324 e. The quantitative estimate of drug-likeness (QED) is 0.624. The highest BCUT2D eigenvalue weighted by Crippen LogP contribution is 2.26. The zero-order valence-corrected chi connectivity index (χ0v) is 17.4. The van der Waals surface area contributed by atoms with Gasteiger partial charge in [0.15, 0.2) is 9.84 Å². The predicted octanol–water partition coefficient (Wildman–Crippen LogP) is 2.40. The number of benzene rings is 1. The summed E-state index contributed by atoms with van der Waals surface area (Å²) in [5.74, 6) is 0.243. The summed E-state index contributed by atoms with van der Waals surface area (Å²) in [5.41, 5.74) is 1.58. The highest BCUT2D eigenvalue weighted by atomic mass is 32.2. The SMILES string of the molecule is O=C1CN(Cc2c[nH]c(CCS(=O)(=O)c3cccc(OC4CCCC4)c3)c2)C(=O)N1. The average molecular weight is 432 g/mol. The highest BCUT2D eigenvalue weighted by molar-refractivity contribution is 7.91. The molecule has 3 amide bonds. The number of aromatic amines is 1. The summed E-state index contributed by atoms with van der Waals surface area (Å²) < 4.78 is 31.5. The number of nitrogens with zero attached hydrogens (tertiary/aromatic N) is 1. The molecule has 0 spiro atoms. The Labute approximate surface area is 175 Å². The van der Waals surface area contributed by atoms with E-state index in [2.05, 4.69) is 10.3 Å². The molecule has 2 fully saturated rings. The molecule has 2 N–H and O–H groups in total. The molecule has 2 aliphatic rings. The van der Waals surface area contributed by atoms with Crippen LogP contribution in [0.25, 0.3) is 0 Å². The highest BCUT2D eigenvalue weighted by Gasteiger charge is 2.26. The third-order valence-corrected chi connectivity index (χ3v) is 7.17. The fourth-order valence-corrected chi connectivity index (χ4v) is 5.17. The standard InChI is InChI=1S/C21H25N3O5S/c25-20-14-24(21(26)23-20)13-15-10-16(22-12-15)8-9-30(27,28)19-7-3-6-18(11-19)29-17-4-1-2-5-17/h3,6-7,10-12,17,22H,1-2,4-5,8-9,13-14H2,(H,23,25,26). The molecular formula is C21H25N3O5S. The molecule has 160 valence electrons. The Morgan fingerprint density at radius 3 is 2.67 bits per heavy atom. The maximum absolute atomic E-state index is 12.8. The van der Waals surface area contributed by atoms with Crippen LogP contribution in [0, 0.1) is 0 Å². The molecule has 1 aliphatic carbocycles. The van der Waals surface area contributed by atoms with E-state index in [4.69, 9.17) is 4.74 Å². The molecule has 9 heteroatoms. The van der Waals surface area contributed by atoms with E-state index in [1.807, 2.05) is 6.07 Å². The van der Waals surface area contributed by atoms with Gasteiger partial charge in [0, 0.05) is 24.9 Å². The Bertz CT molecular complexity index is 1040. The molecule has 0 atom stereocenters. The van der Waals surface area contributed by atoms with Crippen molar-refractivity contribution >= 4 is 21.8 Å². The Hall–Kier alpha value is -2.81. The Morgan fingerprint density at radius 2 is 1.93 bits per heavy atom. The second-order valence-electron chi connectivity index (χ2n) is 7.81. The van der Waals surface area contributed by atoms with Gasteiger partial charge in [-0.3, -0.25) is 10.1 Å². The summed E-state index contributed by atoms with van der Waals surface area (Å²) in [7, 11) is -3.46. The van der Waals surface area contributed by atoms with Crippen LogP contribution in [0.1, 0.15) is 36.9 Å². The number of carbonyl (C=O) groups excluding carboxylic acids is 2. The predicted molar refractivity (Wildman–Crippen MR) is 110 cm³/mol. The zero-order valence-electron chi connectivity index (χ0n) is 16.6. The molecule has 1 saturated carbocycles. The molecule has 8 nitrogen and oxygen atoms in total. The maximum atomic E-state index is 12.8. The summed E-state index contributed by atoms with van der Waals surface area (Å²) in [6.45, 7) is 0.328. The van der Waals surface area contributed by atoms with Gasteiger partial charge in [-0.25, -0.2) is 13.2 Å². The van der Waals surface area contributed by atoms with Crippen molar-refractivity contribution in [2.24, 2.45) is 0 Å². The largest absolute Gasteiger partial charge is 0.490 e. The lowest BCUT2D eigenvalue weighted by atomic mass is 10.2. The Kier molecular flexibility index (Phi) is 5.80. The molecule has 1 aromatic carbocycles. The molecule has 0 bridgehead atoms. The van der Waals surface area contributed by atoms with Crippen molar-refractivity contribution in [2.45, 2.75) is 49.6 Å². The lowest BCUT2D eigenvalue weighted by Crippen LogP contribution is -2.27. The first-order chi connectivity index (χ1) is 14.4. The van der Waals surface area contributed by atoms with Crippen molar-refractivity contribution in [1.29, 1.82) is 0 Å². The number of hydrogen-bond donors (Lipinski definition) is 2. The van der Waals surface area contributed by atoms with Crippen LogP contribution in [-0.2, 0) is 27.6 Å². The Morgan fingerprint density at radius 1 is 1.13 bits per heavy atom. The van der Waals surface area contributed by atoms with Gasteiger partial charge in [0.2, 0.25) is 5.91 Å². The molecule has 1 saturated heterocycles.